The monoisotopic (exact) mass is 340 g/mol. The van der Waals surface area contributed by atoms with E-state index in [1.165, 1.54) is 12.1 Å². The molecule has 24 heavy (non-hydrogen) atoms. The summed E-state index contributed by atoms with van der Waals surface area (Å²) in [5.41, 5.74) is -0.958. The van der Waals surface area contributed by atoms with Crippen LogP contribution in [-0.2, 0) is 15.8 Å². The quantitative estimate of drug-likeness (QED) is 0.797. The first-order chi connectivity index (χ1) is 11.3. The molecule has 0 spiro atoms. The van der Waals surface area contributed by atoms with Crippen LogP contribution in [0.1, 0.15) is 18.4 Å². The Morgan fingerprint density at radius 2 is 1.79 bits per heavy atom. The minimum Gasteiger partial charge on any atom is -0.314 e. The molecule has 2 amide bonds. The summed E-state index contributed by atoms with van der Waals surface area (Å²) in [6.07, 6.45) is -3.20. The number of hydrogen-bond donors (Lipinski definition) is 1. The number of carbonyl (C=O) groups excluding carboxylic acids is 2. The highest BCUT2D eigenvalue weighted by Gasteiger charge is 2.60. The third-order valence-electron chi connectivity index (χ3n) is 5.39. The van der Waals surface area contributed by atoms with E-state index in [9.17, 15) is 28.0 Å². The van der Waals surface area contributed by atoms with Crippen molar-refractivity contribution in [1.82, 2.24) is 5.06 Å². The van der Waals surface area contributed by atoms with E-state index >= 15 is 0 Å². The van der Waals surface area contributed by atoms with Gasteiger partial charge in [-0.05, 0) is 37.0 Å². The topological polar surface area (TPSA) is 60.9 Å². The zero-order chi connectivity index (χ0) is 17.2. The molecule has 2 bridgehead atoms. The van der Waals surface area contributed by atoms with Crippen molar-refractivity contribution >= 4 is 17.5 Å². The minimum atomic E-state index is -4.55. The van der Waals surface area contributed by atoms with Crippen molar-refractivity contribution in [2.45, 2.75) is 25.1 Å². The van der Waals surface area contributed by atoms with Crippen LogP contribution in [0.15, 0.2) is 24.3 Å². The van der Waals surface area contributed by atoms with Crippen molar-refractivity contribution in [1.29, 1.82) is 0 Å². The Kier molecular flexibility index (Phi) is 3.27. The average molecular weight is 340 g/mol. The van der Waals surface area contributed by atoms with Gasteiger partial charge in [-0.1, -0.05) is 6.07 Å². The summed E-state index contributed by atoms with van der Waals surface area (Å²) in [6.45, 7) is 0.321. The van der Waals surface area contributed by atoms with Crippen molar-refractivity contribution in [2.75, 3.05) is 11.4 Å². The lowest BCUT2D eigenvalue weighted by atomic mass is 9.67. The first kappa shape index (κ1) is 15.6. The molecule has 128 valence electrons. The minimum absolute atomic E-state index is 0.0573. The summed E-state index contributed by atoms with van der Waals surface area (Å²) in [6, 6.07) is 3.81. The molecule has 3 aliphatic heterocycles. The number of carbonyl (C=O) groups is 2. The third-order valence-corrected chi connectivity index (χ3v) is 5.39. The highest BCUT2D eigenvalue weighted by molar-refractivity contribution is 6.22. The van der Waals surface area contributed by atoms with E-state index in [2.05, 4.69) is 0 Å². The van der Waals surface area contributed by atoms with E-state index in [1.54, 1.807) is 0 Å². The summed E-state index contributed by atoms with van der Waals surface area (Å²) in [4.78, 5) is 26.3. The number of anilines is 1. The number of alkyl halides is 3. The van der Waals surface area contributed by atoms with Gasteiger partial charge in [0.2, 0.25) is 11.8 Å². The van der Waals surface area contributed by atoms with Crippen molar-refractivity contribution in [3.05, 3.63) is 29.8 Å². The second kappa shape index (κ2) is 5.03. The summed E-state index contributed by atoms with van der Waals surface area (Å²) in [7, 11) is 0. The average Bonchev–Trinajstić information content (AvgIpc) is 2.80. The van der Waals surface area contributed by atoms with Gasteiger partial charge in [0.15, 0.2) is 0 Å². The predicted octanol–water partition coefficient (Wildman–Crippen LogP) is 2.29. The highest BCUT2D eigenvalue weighted by Crippen LogP contribution is 2.49. The maximum absolute atomic E-state index is 12.9. The van der Waals surface area contributed by atoms with Crippen LogP contribution in [0.2, 0.25) is 0 Å². The van der Waals surface area contributed by atoms with Gasteiger partial charge < -0.3 is 5.21 Å². The zero-order valence-electron chi connectivity index (χ0n) is 12.5. The highest BCUT2D eigenvalue weighted by atomic mass is 19.4. The SMILES string of the molecule is O=C1[C@@H]2C3CCC(CN3O)[C@@H]2C(=O)N1c1cccc(C(F)(F)F)c1. The van der Waals surface area contributed by atoms with Gasteiger partial charge in [0.25, 0.3) is 0 Å². The van der Waals surface area contributed by atoms with E-state index < -0.39 is 41.4 Å². The number of imide groups is 1. The smallest absolute Gasteiger partial charge is 0.314 e. The van der Waals surface area contributed by atoms with Gasteiger partial charge >= 0.3 is 6.18 Å². The molecule has 1 aliphatic carbocycles. The number of hydroxylamine groups is 2. The predicted molar refractivity (Wildman–Crippen MR) is 75.9 cm³/mol. The summed E-state index contributed by atoms with van der Waals surface area (Å²) in [5.74, 6) is -2.33. The molecule has 1 aromatic rings. The summed E-state index contributed by atoms with van der Waals surface area (Å²) in [5, 5.41) is 11.1. The van der Waals surface area contributed by atoms with E-state index in [0.29, 0.717) is 13.0 Å². The second-order valence-corrected chi connectivity index (χ2v) is 6.64. The van der Waals surface area contributed by atoms with Gasteiger partial charge in [0.05, 0.1) is 23.1 Å². The fourth-order valence-electron chi connectivity index (χ4n) is 4.35. The number of fused-ring (bicyclic) bond motifs is 2. The standard InChI is InChI=1S/C16H15F3N2O3/c17-16(18,19)9-2-1-3-10(6-9)21-14(22)12-8-4-5-11(20(24)7-8)13(12)15(21)23/h1-3,6,8,11-13,24H,4-5,7H2/t8?,11?,12-,13+/m0/s1. The molecule has 5 rings (SSSR count). The number of nitrogens with zero attached hydrogens (tertiary/aromatic N) is 2. The van der Waals surface area contributed by atoms with Crippen LogP contribution in [0.5, 0.6) is 0 Å². The molecule has 1 aromatic carbocycles. The maximum atomic E-state index is 12.9. The molecule has 4 atom stereocenters. The third kappa shape index (κ3) is 2.09. The molecule has 0 radical (unpaired) electrons. The van der Waals surface area contributed by atoms with Crippen molar-refractivity contribution < 1.29 is 28.0 Å². The van der Waals surface area contributed by atoms with E-state index in [4.69, 9.17) is 0 Å². The molecule has 5 nitrogen and oxygen atoms in total. The molecule has 4 fully saturated rings. The Hall–Kier alpha value is -1.93. The van der Waals surface area contributed by atoms with Crippen LogP contribution in [0, 0.1) is 17.8 Å². The van der Waals surface area contributed by atoms with Crippen LogP contribution >= 0.6 is 0 Å². The van der Waals surface area contributed by atoms with E-state index in [-0.39, 0.29) is 11.6 Å². The molecule has 2 unspecified atom stereocenters. The van der Waals surface area contributed by atoms with Crippen LogP contribution in [0.25, 0.3) is 0 Å². The van der Waals surface area contributed by atoms with Gasteiger partial charge in [0, 0.05) is 12.6 Å². The van der Waals surface area contributed by atoms with Crippen molar-refractivity contribution in [2.24, 2.45) is 17.8 Å². The lowest BCUT2D eigenvalue weighted by molar-refractivity contribution is -0.206. The van der Waals surface area contributed by atoms with E-state index in [0.717, 1.165) is 28.5 Å². The molecule has 3 saturated heterocycles. The van der Waals surface area contributed by atoms with Gasteiger partial charge in [-0.15, -0.1) is 0 Å². The molecular formula is C16H15F3N2O3. The number of hydrogen-bond acceptors (Lipinski definition) is 4. The van der Waals surface area contributed by atoms with Crippen LogP contribution in [0.4, 0.5) is 18.9 Å². The summed E-state index contributed by atoms with van der Waals surface area (Å²) < 4.78 is 38.7. The van der Waals surface area contributed by atoms with Crippen LogP contribution in [-0.4, -0.2) is 34.7 Å². The van der Waals surface area contributed by atoms with Gasteiger partial charge in [-0.3, -0.25) is 9.59 Å². The number of halogens is 3. The second-order valence-electron chi connectivity index (χ2n) is 6.64. The van der Waals surface area contributed by atoms with E-state index in [1.807, 2.05) is 0 Å². The number of piperidine rings is 2. The lowest BCUT2D eigenvalue weighted by Crippen LogP contribution is -2.57. The Bertz CT molecular complexity index is 721. The Morgan fingerprint density at radius 1 is 1.08 bits per heavy atom. The van der Waals surface area contributed by atoms with Crippen molar-refractivity contribution in [3.63, 3.8) is 0 Å². The summed E-state index contributed by atoms with van der Waals surface area (Å²) >= 11 is 0. The molecule has 8 heteroatoms. The fraction of sp³-hybridized carbons (Fsp3) is 0.500. The molecule has 0 aromatic heterocycles. The van der Waals surface area contributed by atoms with Gasteiger partial charge in [-0.2, -0.15) is 18.2 Å². The van der Waals surface area contributed by atoms with Crippen LogP contribution < -0.4 is 4.90 Å². The van der Waals surface area contributed by atoms with Gasteiger partial charge in [0.1, 0.15) is 0 Å². The Morgan fingerprint density at radius 3 is 2.46 bits per heavy atom. The van der Waals surface area contributed by atoms with Gasteiger partial charge in [-0.25, -0.2) is 4.90 Å². The number of amides is 2. The first-order valence-electron chi connectivity index (χ1n) is 7.79. The molecule has 1 saturated carbocycles. The molecule has 3 heterocycles. The Labute approximate surface area is 135 Å². The maximum Gasteiger partial charge on any atom is 0.416 e. The molecule has 4 aliphatic rings. The van der Waals surface area contributed by atoms with Crippen LogP contribution in [0.3, 0.4) is 0 Å². The normalized spacial score (nSPS) is 33.2. The molecule has 1 N–H and O–H groups in total. The largest absolute Gasteiger partial charge is 0.416 e. The number of benzene rings is 1. The Balaban J connectivity index is 1.73. The lowest BCUT2D eigenvalue weighted by Gasteiger charge is -2.47. The fourth-order valence-corrected chi connectivity index (χ4v) is 4.35. The first-order valence-corrected chi connectivity index (χ1v) is 7.79. The van der Waals surface area contributed by atoms with Crippen molar-refractivity contribution in [3.8, 4) is 0 Å². The number of rotatable bonds is 1. The molecular weight excluding hydrogens is 325 g/mol. The zero-order valence-corrected chi connectivity index (χ0v) is 12.5.